The maximum Gasteiger partial charge on any atom is 0.191 e. The third-order valence-corrected chi connectivity index (χ3v) is 5.10. The number of aliphatic imine (C=N–C) groups is 1. The van der Waals surface area contributed by atoms with Gasteiger partial charge in [0.2, 0.25) is 0 Å². The summed E-state index contributed by atoms with van der Waals surface area (Å²) in [4.78, 5) is 13.8. The van der Waals surface area contributed by atoms with E-state index in [1.807, 2.05) is 25.3 Å². The van der Waals surface area contributed by atoms with Crippen molar-refractivity contribution in [1.29, 1.82) is 0 Å². The Morgan fingerprint density at radius 1 is 1.10 bits per heavy atom. The highest BCUT2D eigenvalue weighted by molar-refractivity contribution is 5.79. The lowest BCUT2D eigenvalue weighted by Gasteiger charge is -2.33. The average Bonchev–Trinajstić information content (AvgIpc) is 2.73. The number of hydrogen-bond donors (Lipinski definition) is 2. The predicted octanol–water partition coefficient (Wildman–Crippen LogP) is 2.54. The van der Waals surface area contributed by atoms with Gasteiger partial charge in [0.25, 0.3) is 0 Å². The number of piperazine rings is 1. The van der Waals surface area contributed by atoms with Crippen LogP contribution < -0.4 is 15.5 Å². The number of anilines is 1. The fourth-order valence-corrected chi connectivity index (χ4v) is 3.21. The number of nitrogens with zero attached hydrogens (tertiary/aromatic N) is 4. The van der Waals surface area contributed by atoms with Gasteiger partial charge in [-0.25, -0.2) is 14.4 Å². The summed E-state index contributed by atoms with van der Waals surface area (Å²) in [5.74, 6) is 1.55. The normalized spacial score (nSPS) is 15.4. The fourth-order valence-electron chi connectivity index (χ4n) is 3.21. The van der Waals surface area contributed by atoms with Gasteiger partial charge in [0.15, 0.2) is 5.96 Å². The molecule has 0 radical (unpaired) electrons. The third-order valence-electron chi connectivity index (χ3n) is 5.10. The second-order valence-electron chi connectivity index (χ2n) is 7.44. The highest BCUT2D eigenvalue weighted by Gasteiger charge is 2.15. The molecule has 6 nitrogen and oxygen atoms in total. The number of rotatable bonds is 6. The molecule has 1 fully saturated rings. The molecule has 0 aliphatic carbocycles. The number of likely N-dealkylation sites (N-methyl/N-ethyl adjacent to an activating group) is 1. The Hall–Kier alpha value is -2.67. The molecule has 0 atom stereocenters. The van der Waals surface area contributed by atoms with Gasteiger partial charge in [0.1, 0.15) is 11.6 Å². The van der Waals surface area contributed by atoms with Crippen LogP contribution in [0.25, 0.3) is 0 Å². The first-order valence-corrected chi connectivity index (χ1v) is 10.2. The minimum atomic E-state index is -0.191. The Labute approximate surface area is 172 Å². The number of aromatic nitrogens is 1. The lowest BCUT2D eigenvalue weighted by Crippen LogP contribution is -2.44. The molecule has 156 valence electrons. The van der Waals surface area contributed by atoms with Gasteiger partial charge in [0.05, 0.1) is 6.54 Å². The SMILES string of the molecule is CCNC(=NCc1ccc(C)c(F)c1)NCc1ccnc(N2CCN(C)CC2)c1. The Morgan fingerprint density at radius 3 is 2.62 bits per heavy atom. The van der Waals surface area contributed by atoms with E-state index < -0.39 is 0 Å². The highest BCUT2D eigenvalue weighted by atomic mass is 19.1. The molecule has 0 spiro atoms. The molecule has 1 aliphatic rings. The summed E-state index contributed by atoms with van der Waals surface area (Å²) >= 11 is 0. The van der Waals surface area contributed by atoms with E-state index >= 15 is 0 Å². The number of hydrogen-bond acceptors (Lipinski definition) is 4. The van der Waals surface area contributed by atoms with Gasteiger partial charge in [-0.05, 0) is 55.8 Å². The number of halogens is 1. The molecule has 2 aromatic rings. The van der Waals surface area contributed by atoms with Crippen molar-refractivity contribution in [3.8, 4) is 0 Å². The second kappa shape index (κ2) is 10.2. The summed E-state index contributed by atoms with van der Waals surface area (Å²) in [7, 11) is 2.15. The second-order valence-corrected chi connectivity index (χ2v) is 7.44. The van der Waals surface area contributed by atoms with Crippen LogP contribution >= 0.6 is 0 Å². The lowest BCUT2D eigenvalue weighted by molar-refractivity contribution is 0.312. The van der Waals surface area contributed by atoms with Crippen LogP contribution in [0.15, 0.2) is 41.5 Å². The maximum atomic E-state index is 13.7. The zero-order valence-electron chi connectivity index (χ0n) is 17.6. The minimum absolute atomic E-state index is 0.191. The number of aryl methyl sites for hydroxylation is 1. The Morgan fingerprint density at radius 2 is 1.90 bits per heavy atom. The molecule has 2 heterocycles. The zero-order chi connectivity index (χ0) is 20.6. The largest absolute Gasteiger partial charge is 0.357 e. The number of benzene rings is 1. The van der Waals surface area contributed by atoms with Gasteiger partial charge in [-0.15, -0.1) is 0 Å². The van der Waals surface area contributed by atoms with Crippen molar-refractivity contribution in [2.24, 2.45) is 4.99 Å². The summed E-state index contributed by atoms with van der Waals surface area (Å²) in [5, 5.41) is 6.61. The maximum absolute atomic E-state index is 13.7. The molecule has 1 saturated heterocycles. The van der Waals surface area contributed by atoms with Crippen LogP contribution in [-0.4, -0.2) is 55.6 Å². The molecular formula is C22H31FN6. The van der Waals surface area contributed by atoms with Crippen molar-refractivity contribution in [3.05, 3.63) is 59.0 Å². The van der Waals surface area contributed by atoms with Crippen LogP contribution in [0, 0.1) is 12.7 Å². The molecular weight excluding hydrogens is 367 g/mol. The van der Waals surface area contributed by atoms with Crippen LogP contribution in [-0.2, 0) is 13.1 Å². The first-order valence-electron chi connectivity index (χ1n) is 10.2. The molecule has 0 unspecified atom stereocenters. The quantitative estimate of drug-likeness (QED) is 0.579. The van der Waals surface area contributed by atoms with Crippen LogP contribution in [0.2, 0.25) is 0 Å². The van der Waals surface area contributed by atoms with E-state index in [1.165, 1.54) is 0 Å². The Bertz CT molecular complexity index is 830. The lowest BCUT2D eigenvalue weighted by atomic mass is 10.1. The Balaban J connectivity index is 1.61. The Kier molecular flexibility index (Phi) is 7.41. The van der Waals surface area contributed by atoms with E-state index in [9.17, 15) is 4.39 Å². The van der Waals surface area contributed by atoms with E-state index in [-0.39, 0.29) is 5.82 Å². The van der Waals surface area contributed by atoms with E-state index in [1.54, 1.807) is 19.1 Å². The molecule has 3 rings (SSSR count). The van der Waals surface area contributed by atoms with Crippen molar-refractivity contribution in [3.63, 3.8) is 0 Å². The summed E-state index contributed by atoms with van der Waals surface area (Å²) in [5.41, 5.74) is 2.66. The van der Waals surface area contributed by atoms with E-state index in [4.69, 9.17) is 0 Å². The molecule has 0 amide bonds. The van der Waals surface area contributed by atoms with Crippen molar-refractivity contribution in [1.82, 2.24) is 20.5 Å². The van der Waals surface area contributed by atoms with Crippen molar-refractivity contribution in [2.75, 3.05) is 44.7 Å². The average molecular weight is 399 g/mol. The number of nitrogens with one attached hydrogen (secondary N) is 2. The van der Waals surface area contributed by atoms with Crippen LogP contribution in [0.1, 0.15) is 23.6 Å². The molecule has 1 aliphatic heterocycles. The third kappa shape index (κ3) is 6.15. The van der Waals surface area contributed by atoms with Gasteiger partial charge in [0, 0.05) is 45.5 Å². The molecule has 0 saturated carbocycles. The van der Waals surface area contributed by atoms with Gasteiger partial charge < -0.3 is 20.4 Å². The topological polar surface area (TPSA) is 55.8 Å². The van der Waals surface area contributed by atoms with Gasteiger partial charge in [-0.1, -0.05) is 12.1 Å². The minimum Gasteiger partial charge on any atom is -0.357 e. The molecule has 2 N–H and O–H groups in total. The van der Waals surface area contributed by atoms with Crippen LogP contribution in [0.3, 0.4) is 0 Å². The van der Waals surface area contributed by atoms with Gasteiger partial charge >= 0.3 is 0 Å². The monoisotopic (exact) mass is 398 g/mol. The van der Waals surface area contributed by atoms with Gasteiger partial charge in [-0.2, -0.15) is 0 Å². The zero-order valence-corrected chi connectivity index (χ0v) is 17.6. The van der Waals surface area contributed by atoms with Gasteiger partial charge in [-0.3, -0.25) is 0 Å². The summed E-state index contributed by atoms with van der Waals surface area (Å²) in [6, 6.07) is 9.41. The molecule has 7 heteroatoms. The van der Waals surface area contributed by atoms with E-state index in [0.29, 0.717) is 24.6 Å². The predicted molar refractivity (Wildman–Crippen MR) is 117 cm³/mol. The highest BCUT2D eigenvalue weighted by Crippen LogP contribution is 2.15. The molecule has 1 aromatic carbocycles. The van der Waals surface area contributed by atoms with E-state index in [2.05, 4.69) is 43.5 Å². The summed E-state index contributed by atoms with van der Waals surface area (Å²) in [6.45, 7) is 9.74. The standard InChI is InChI=1S/C22H31FN6/c1-4-24-22(26-15-18-6-5-17(2)20(23)13-18)27-16-19-7-8-25-21(14-19)29-11-9-28(3)10-12-29/h5-8,13-14H,4,9-12,15-16H2,1-3H3,(H2,24,26,27). The van der Waals surface area contributed by atoms with Crippen molar-refractivity contribution >= 4 is 11.8 Å². The first-order chi connectivity index (χ1) is 14.0. The molecule has 0 bridgehead atoms. The smallest absolute Gasteiger partial charge is 0.191 e. The van der Waals surface area contributed by atoms with Crippen molar-refractivity contribution in [2.45, 2.75) is 26.9 Å². The fraction of sp³-hybridized carbons (Fsp3) is 0.455. The number of pyridine rings is 1. The van der Waals surface area contributed by atoms with Crippen LogP contribution in [0.5, 0.6) is 0 Å². The van der Waals surface area contributed by atoms with E-state index in [0.717, 1.165) is 49.7 Å². The number of guanidine groups is 1. The van der Waals surface area contributed by atoms with Crippen LogP contribution in [0.4, 0.5) is 10.2 Å². The summed E-state index contributed by atoms with van der Waals surface area (Å²) < 4.78 is 13.7. The summed E-state index contributed by atoms with van der Waals surface area (Å²) in [6.07, 6.45) is 1.86. The molecule has 1 aromatic heterocycles. The molecule has 29 heavy (non-hydrogen) atoms. The first kappa shape index (κ1) is 21.0. The van der Waals surface area contributed by atoms with Crippen molar-refractivity contribution < 1.29 is 4.39 Å².